The first-order valence-corrected chi connectivity index (χ1v) is 7.43. The zero-order chi connectivity index (χ0) is 14.7. The van der Waals surface area contributed by atoms with Crippen molar-refractivity contribution in [2.24, 2.45) is 5.92 Å². The summed E-state index contributed by atoms with van der Waals surface area (Å²) in [6.45, 7) is 12.7. The van der Waals surface area contributed by atoms with E-state index in [-0.39, 0.29) is 5.91 Å². The molecule has 5 heteroatoms. The van der Waals surface area contributed by atoms with Gasteiger partial charge in [0, 0.05) is 33.1 Å². The summed E-state index contributed by atoms with van der Waals surface area (Å²) in [4.78, 5) is 21.0. The van der Waals surface area contributed by atoms with E-state index >= 15 is 0 Å². The molecule has 0 radical (unpaired) electrons. The maximum absolute atomic E-state index is 12.5. The van der Waals surface area contributed by atoms with Crippen LogP contribution >= 0.6 is 0 Å². The Balaban J connectivity index is 2.00. The Bertz CT molecular complexity index is 468. The average molecular weight is 279 g/mol. The van der Waals surface area contributed by atoms with Gasteiger partial charge in [0.05, 0.1) is 5.69 Å². The third-order valence-corrected chi connectivity index (χ3v) is 3.60. The van der Waals surface area contributed by atoms with Crippen LogP contribution in [0.2, 0.25) is 0 Å². The Morgan fingerprint density at radius 3 is 2.60 bits per heavy atom. The third-order valence-electron chi connectivity index (χ3n) is 3.60. The van der Waals surface area contributed by atoms with Crippen molar-refractivity contribution in [3.05, 3.63) is 17.3 Å². The van der Waals surface area contributed by atoms with E-state index < -0.39 is 0 Å². The molecule has 0 aliphatic carbocycles. The molecule has 0 N–H and O–H groups in total. The SMILES string of the molecule is Cc1nc(C)c(C(=O)N2CCCN(CC(C)C)CC2)o1. The van der Waals surface area contributed by atoms with Crippen LogP contribution in [0, 0.1) is 19.8 Å². The van der Waals surface area contributed by atoms with Gasteiger partial charge in [-0.2, -0.15) is 0 Å². The van der Waals surface area contributed by atoms with Crippen LogP contribution in [0.1, 0.15) is 42.4 Å². The molecule has 1 aromatic rings. The van der Waals surface area contributed by atoms with Gasteiger partial charge in [0.25, 0.3) is 5.91 Å². The Labute approximate surface area is 121 Å². The lowest BCUT2D eigenvalue weighted by Crippen LogP contribution is -2.36. The molecular formula is C15H25N3O2. The minimum atomic E-state index is -0.0190. The summed E-state index contributed by atoms with van der Waals surface area (Å²) in [6, 6.07) is 0. The Kier molecular flexibility index (Phi) is 4.81. The van der Waals surface area contributed by atoms with E-state index in [4.69, 9.17) is 4.42 Å². The molecule has 5 nitrogen and oxygen atoms in total. The molecular weight excluding hydrogens is 254 g/mol. The molecule has 0 aromatic carbocycles. The zero-order valence-corrected chi connectivity index (χ0v) is 13.0. The van der Waals surface area contributed by atoms with Crippen LogP contribution in [0.25, 0.3) is 0 Å². The van der Waals surface area contributed by atoms with Crippen molar-refractivity contribution >= 4 is 5.91 Å². The monoisotopic (exact) mass is 279 g/mol. The highest BCUT2D eigenvalue weighted by molar-refractivity contribution is 5.92. The Morgan fingerprint density at radius 2 is 2.00 bits per heavy atom. The number of hydrogen-bond donors (Lipinski definition) is 0. The Morgan fingerprint density at radius 1 is 1.25 bits per heavy atom. The zero-order valence-electron chi connectivity index (χ0n) is 13.0. The maximum atomic E-state index is 12.5. The minimum absolute atomic E-state index is 0.0190. The van der Waals surface area contributed by atoms with Crippen molar-refractivity contribution in [3.63, 3.8) is 0 Å². The number of oxazole rings is 1. The first-order chi connectivity index (χ1) is 9.47. The lowest BCUT2D eigenvalue weighted by Gasteiger charge is -2.22. The van der Waals surface area contributed by atoms with Gasteiger partial charge in [0.1, 0.15) is 0 Å². The van der Waals surface area contributed by atoms with Crippen LogP contribution in [0.5, 0.6) is 0 Å². The summed E-state index contributed by atoms with van der Waals surface area (Å²) >= 11 is 0. The second-order valence-electron chi connectivity index (χ2n) is 5.99. The fourth-order valence-electron chi connectivity index (χ4n) is 2.75. The molecule has 1 aliphatic heterocycles. The van der Waals surface area contributed by atoms with E-state index in [1.54, 1.807) is 6.92 Å². The summed E-state index contributed by atoms with van der Waals surface area (Å²) in [5.74, 6) is 1.60. The first kappa shape index (κ1) is 15.0. The van der Waals surface area contributed by atoms with Crippen LogP contribution in [-0.4, -0.2) is 53.4 Å². The van der Waals surface area contributed by atoms with Gasteiger partial charge in [-0.1, -0.05) is 13.8 Å². The van der Waals surface area contributed by atoms with E-state index in [1.807, 2.05) is 11.8 Å². The van der Waals surface area contributed by atoms with Gasteiger partial charge >= 0.3 is 0 Å². The molecule has 2 rings (SSSR count). The largest absolute Gasteiger partial charge is 0.436 e. The van der Waals surface area contributed by atoms with Gasteiger partial charge in [-0.15, -0.1) is 0 Å². The number of amides is 1. The number of nitrogens with zero attached hydrogens (tertiary/aromatic N) is 3. The van der Waals surface area contributed by atoms with E-state index in [9.17, 15) is 4.79 Å². The summed E-state index contributed by atoms with van der Waals surface area (Å²) < 4.78 is 5.45. The number of rotatable bonds is 3. The standard InChI is InChI=1S/C15H25N3O2/c1-11(2)10-17-6-5-7-18(9-8-17)15(19)14-12(3)16-13(4)20-14/h11H,5-10H2,1-4H3. The van der Waals surface area contributed by atoms with Gasteiger partial charge in [0.2, 0.25) is 5.76 Å². The van der Waals surface area contributed by atoms with Crippen LogP contribution < -0.4 is 0 Å². The molecule has 1 aliphatic rings. The molecule has 112 valence electrons. The first-order valence-electron chi connectivity index (χ1n) is 7.43. The third kappa shape index (κ3) is 3.60. The molecule has 0 spiro atoms. The second kappa shape index (κ2) is 6.39. The predicted molar refractivity (Wildman–Crippen MR) is 77.8 cm³/mol. The summed E-state index contributed by atoms with van der Waals surface area (Å²) in [5.41, 5.74) is 0.691. The van der Waals surface area contributed by atoms with Crippen molar-refractivity contribution in [1.82, 2.24) is 14.8 Å². The van der Waals surface area contributed by atoms with Crippen molar-refractivity contribution in [2.75, 3.05) is 32.7 Å². The van der Waals surface area contributed by atoms with Crippen LogP contribution in [0.3, 0.4) is 0 Å². The van der Waals surface area contributed by atoms with Gasteiger partial charge in [-0.05, 0) is 25.8 Å². The number of carbonyl (C=O) groups is 1. The number of aromatic nitrogens is 1. The normalized spacial score (nSPS) is 17.6. The fourth-order valence-corrected chi connectivity index (χ4v) is 2.75. The summed E-state index contributed by atoms with van der Waals surface area (Å²) in [6.07, 6.45) is 1.02. The van der Waals surface area contributed by atoms with E-state index in [1.165, 1.54) is 0 Å². The van der Waals surface area contributed by atoms with Crippen molar-refractivity contribution in [2.45, 2.75) is 34.1 Å². The van der Waals surface area contributed by atoms with Gasteiger partial charge in [0.15, 0.2) is 5.89 Å². The van der Waals surface area contributed by atoms with Crippen LogP contribution in [0.4, 0.5) is 0 Å². The quantitative estimate of drug-likeness (QED) is 0.850. The van der Waals surface area contributed by atoms with E-state index in [0.29, 0.717) is 23.3 Å². The molecule has 0 saturated carbocycles. The minimum Gasteiger partial charge on any atom is -0.436 e. The summed E-state index contributed by atoms with van der Waals surface area (Å²) in [7, 11) is 0. The lowest BCUT2D eigenvalue weighted by molar-refractivity contribution is 0.0726. The molecule has 0 atom stereocenters. The number of hydrogen-bond acceptors (Lipinski definition) is 4. The Hall–Kier alpha value is -1.36. The fraction of sp³-hybridized carbons (Fsp3) is 0.733. The average Bonchev–Trinajstić information content (AvgIpc) is 2.58. The van der Waals surface area contributed by atoms with E-state index in [2.05, 4.69) is 23.7 Å². The molecule has 2 heterocycles. The topological polar surface area (TPSA) is 49.6 Å². The highest BCUT2D eigenvalue weighted by atomic mass is 16.4. The smallest absolute Gasteiger partial charge is 0.291 e. The molecule has 0 bridgehead atoms. The van der Waals surface area contributed by atoms with Crippen LogP contribution in [0.15, 0.2) is 4.42 Å². The highest BCUT2D eigenvalue weighted by Crippen LogP contribution is 2.14. The van der Waals surface area contributed by atoms with E-state index in [0.717, 1.165) is 39.1 Å². The molecule has 0 unspecified atom stereocenters. The molecule has 1 saturated heterocycles. The molecule has 1 fully saturated rings. The second-order valence-corrected chi connectivity index (χ2v) is 5.99. The molecule has 20 heavy (non-hydrogen) atoms. The van der Waals surface area contributed by atoms with Gasteiger partial charge in [-0.3, -0.25) is 4.79 Å². The van der Waals surface area contributed by atoms with Gasteiger partial charge in [-0.25, -0.2) is 4.98 Å². The maximum Gasteiger partial charge on any atom is 0.291 e. The van der Waals surface area contributed by atoms with Crippen molar-refractivity contribution in [3.8, 4) is 0 Å². The van der Waals surface area contributed by atoms with Crippen LogP contribution in [-0.2, 0) is 0 Å². The highest BCUT2D eigenvalue weighted by Gasteiger charge is 2.24. The van der Waals surface area contributed by atoms with Crippen molar-refractivity contribution < 1.29 is 9.21 Å². The predicted octanol–water partition coefficient (Wildman–Crippen LogP) is 2.10. The molecule has 1 aromatic heterocycles. The summed E-state index contributed by atoms with van der Waals surface area (Å²) in [5, 5.41) is 0. The van der Waals surface area contributed by atoms with Gasteiger partial charge < -0.3 is 14.2 Å². The lowest BCUT2D eigenvalue weighted by atomic mass is 10.2. The molecule has 1 amide bonds. The number of carbonyl (C=O) groups excluding carboxylic acids is 1. The number of aryl methyl sites for hydroxylation is 2. The van der Waals surface area contributed by atoms with Crippen molar-refractivity contribution in [1.29, 1.82) is 0 Å².